The smallest absolute Gasteiger partial charge is 0.237 e. The Hall–Kier alpha value is -2.71. The van der Waals surface area contributed by atoms with Crippen molar-refractivity contribution in [2.45, 2.75) is 17.3 Å². The highest BCUT2D eigenvalue weighted by Crippen LogP contribution is 2.27. The average Bonchev–Trinajstić information content (AvgIpc) is 3.02. The summed E-state index contributed by atoms with van der Waals surface area (Å²) in [6.45, 7) is 1.77. The molecule has 7 nitrogen and oxygen atoms in total. The van der Waals surface area contributed by atoms with Crippen LogP contribution in [0.1, 0.15) is 6.92 Å². The first kappa shape index (κ1) is 19.1. The first-order valence-electron chi connectivity index (χ1n) is 8.06. The van der Waals surface area contributed by atoms with Crippen LogP contribution in [-0.4, -0.2) is 33.1 Å². The third kappa shape index (κ3) is 4.53. The molecule has 0 spiro atoms. The molecule has 0 radical (unpaired) electrons. The number of anilines is 1. The number of nitrogens with one attached hydrogen (secondary N) is 1. The minimum absolute atomic E-state index is 0.180. The molecule has 1 heterocycles. The van der Waals surface area contributed by atoms with E-state index >= 15 is 0 Å². The summed E-state index contributed by atoms with van der Waals surface area (Å²) in [6, 6.07) is 14.3. The summed E-state index contributed by atoms with van der Waals surface area (Å²) in [7, 11) is 1.57. The van der Waals surface area contributed by atoms with Gasteiger partial charge in [0.05, 0.1) is 12.4 Å². The van der Waals surface area contributed by atoms with Crippen LogP contribution in [0.15, 0.2) is 53.7 Å². The Morgan fingerprint density at radius 1 is 1.26 bits per heavy atom. The number of amides is 1. The fourth-order valence-electron chi connectivity index (χ4n) is 2.34. The Balaban J connectivity index is 1.70. The number of hydrogen-bond acceptors (Lipinski definition) is 6. The zero-order chi connectivity index (χ0) is 19.4. The van der Waals surface area contributed by atoms with E-state index in [-0.39, 0.29) is 5.91 Å². The first-order valence-corrected chi connectivity index (χ1v) is 9.31. The van der Waals surface area contributed by atoms with Crippen LogP contribution in [0.2, 0.25) is 5.02 Å². The zero-order valence-electron chi connectivity index (χ0n) is 14.7. The summed E-state index contributed by atoms with van der Waals surface area (Å²) in [5, 5.41) is 11.6. The Bertz CT molecular complexity index is 962. The van der Waals surface area contributed by atoms with Crippen molar-refractivity contribution in [3.63, 3.8) is 0 Å². The lowest BCUT2D eigenvalue weighted by atomic mass is 10.2. The number of benzene rings is 2. The van der Waals surface area contributed by atoms with Crippen molar-refractivity contribution >= 4 is 35.0 Å². The highest BCUT2D eigenvalue weighted by atomic mass is 35.5. The van der Waals surface area contributed by atoms with Crippen molar-refractivity contribution in [3.8, 4) is 17.1 Å². The maximum absolute atomic E-state index is 12.5. The number of ether oxygens (including phenoxy) is 1. The molecule has 140 valence electrons. The predicted octanol–water partition coefficient (Wildman–Crippen LogP) is 3.44. The second-order valence-electron chi connectivity index (χ2n) is 5.67. The standard InChI is InChI=1S/C18H18ClN5O2S/c1-11(17(25)21-14-7-4-8-15(10-14)26-2)27-18-23-22-16(24(18)20)12-5-3-6-13(19)9-12/h3-11H,20H2,1-2H3,(H,21,25)/t11-/m0/s1. The molecule has 0 saturated heterocycles. The SMILES string of the molecule is COc1cccc(NC(=O)[C@H](C)Sc2nnc(-c3cccc(Cl)c3)n2N)c1. The lowest BCUT2D eigenvalue weighted by molar-refractivity contribution is -0.115. The molecule has 1 atom stereocenters. The van der Waals surface area contributed by atoms with E-state index in [1.54, 1.807) is 44.4 Å². The molecule has 9 heteroatoms. The molecule has 3 N–H and O–H groups in total. The number of nitrogens with two attached hydrogens (primary N) is 1. The van der Waals surface area contributed by atoms with Crippen molar-refractivity contribution in [2.24, 2.45) is 0 Å². The van der Waals surface area contributed by atoms with Crippen LogP contribution >= 0.6 is 23.4 Å². The van der Waals surface area contributed by atoms with Gasteiger partial charge in [-0.25, -0.2) is 4.68 Å². The monoisotopic (exact) mass is 403 g/mol. The van der Waals surface area contributed by atoms with Crippen molar-refractivity contribution < 1.29 is 9.53 Å². The fourth-order valence-corrected chi connectivity index (χ4v) is 3.30. The number of hydrogen-bond donors (Lipinski definition) is 2. The first-order chi connectivity index (χ1) is 13.0. The molecule has 0 aliphatic heterocycles. The molecule has 2 aromatic carbocycles. The average molecular weight is 404 g/mol. The molecule has 0 aliphatic carbocycles. The van der Waals surface area contributed by atoms with E-state index in [1.807, 2.05) is 18.2 Å². The Kier molecular flexibility index (Phi) is 5.88. The number of thioether (sulfide) groups is 1. The number of halogens is 1. The van der Waals surface area contributed by atoms with Gasteiger partial charge in [0, 0.05) is 22.3 Å². The third-order valence-corrected chi connectivity index (χ3v) is 5.03. The van der Waals surface area contributed by atoms with E-state index in [1.165, 1.54) is 16.4 Å². The van der Waals surface area contributed by atoms with E-state index in [9.17, 15) is 4.79 Å². The van der Waals surface area contributed by atoms with Gasteiger partial charge < -0.3 is 15.9 Å². The van der Waals surface area contributed by atoms with Gasteiger partial charge in [0.1, 0.15) is 5.75 Å². The second-order valence-corrected chi connectivity index (χ2v) is 7.41. The number of carbonyl (C=O) groups excluding carboxylic acids is 1. The Morgan fingerprint density at radius 3 is 2.78 bits per heavy atom. The van der Waals surface area contributed by atoms with Crippen molar-refractivity contribution in [2.75, 3.05) is 18.3 Å². The van der Waals surface area contributed by atoms with Gasteiger partial charge >= 0.3 is 0 Å². The topological polar surface area (TPSA) is 95.1 Å². The van der Waals surface area contributed by atoms with E-state index in [0.29, 0.717) is 27.4 Å². The van der Waals surface area contributed by atoms with Crippen LogP contribution in [0.25, 0.3) is 11.4 Å². The summed E-state index contributed by atoms with van der Waals surface area (Å²) >= 11 is 7.23. The van der Waals surface area contributed by atoms with Gasteiger partial charge in [0.15, 0.2) is 5.82 Å². The van der Waals surface area contributed by atoms with Gasteiger partial charge in [-0.05, 0) is 31.2 Å². The molecule has 0 saturated carbocycles. The van der Waals surface area contributed by atoms with Crippen LogP contribution in [0.4, 0.5) is 5.69 Å². The van der Waals surface area contributed by atoms with Crippen LogP contribution in [0.5, 0.6) is 5.75 Å². The molecular formula is C18H18ClN5O2S. The summed E-state index contributed by atoms with van der Waals surface area (Å²) in [5.74, 6) is 7.06. The number of methoxy groups -OCH3 is 1. The maximum Gasteiger partial charge on any atom is 0.237 e. The predicted molar refractivity (Wildman–Crippen MR) is 108 cm³/mol. The molecule has 0 fully saturated rings. The van der Waals surface area contributed by atoms with Crippen LogP contribution in [-0.2, 0) is 4.79 Å². The summed E-state index contributed by atoms with van der Waals surface area (Å²) in [6.07, 6.45) is 0. The van der Waals surface area contributed by atoms with E-state index in [4.69, 9.17) is 22.2 Å². The highest BCUT2D eigenvalue weighted by Gasteiger charge is 2.20. The molecule has 3 aromatic rings. The molecular weight excluding hydrogens is 386 g/mol. The fraction of sp³-hybridized carbons (Fsp3) is 0.167. The summed E-state index contributed by atoms with van der Waals surface area (Å²) < 4.78 is 6.51. The van der Waals surface area contributed by atoms with Crippen molar-refractivity contribution in [1.29, 1.82) is 0 Å². The molecule has 1 aromatic heterocycles. The van der Waals surface area contributed by atoms with Crippen LogP contribution in [0.3, 0.4) is 0 Å². The lowest BCUT2D eigenvalue weighted by Gasteiger charge is -2.12. The normalized spacial score (nSPS) is 11.8. The van der Waals surface area contributed by atoms with Gasteiger partial charge in [-0.2, -0.15) is 0 Å². The molecule has 3 rings (SSSR count). The number of nitrogens with zero attached hydrogens (tertiary/aromatic N) is 3. The molecule has 0 bridgehead atoms. The van der Waals surface area contributed by atoms with Crippen molar-refractivity contribution in [1.82, 2.24) is 14.9 Å². The van der Waals surface area contributed by atoms with Gasteiger partial charge in [0.2, 0.25) is 11.1 Å². The van der Waals surface area contributed by atoms with Crippen molar-refractivity contribution in [3.05, 3.63) is 53.6 Å². The lowest BCUT2D eigenvalue weighted by Crippen LogP contribution is -2.23. The molecule has 1 amide bonds. The largest absolute Gasteiger partial charge is 0.497 e. The third-order valence-electron chi connectivity index (χ3n) is 3.74. The second kappa shape index (κ2) is 8.32. The van der Waals surface area contributed by atoms with Gasteiger partial charge in [0.25, 0.3) is 0 Å². The minimum atomic E-state index is -0.435. The van der Waals surface area contributed by atoms with Gasteiger partial charge in [-0.1, -0.05) is 41.6 Å². The Labute approximate surface area is 165 Å². The number of aromatic nitrogens is 3. The number of nitrogen functional groups attached to an aromatic ring is 1. The maximum atomic E-state index is 12.5. The number of carbonyl (C=O) groups is 1. The van der Waals surface area contributed by atoms with Gasteiger partial charge in [-0.15, -0.1) is 10.2 Å². The van der Waals surface area contributed by atoms with Gasteiger partial charge in [-0.3, -0.25) is 4.79 Å². The summed E-state index contributed by atoms with van der Waals surface area (Å²) in [5.41, 5.74) is 1.40. The summed E-state index contributed by atoms with van der Waals surface area (Å²) in [4.78, 5) is 12.5. The quantitative estimate of drug-likeness (QED) is 0.483. The van der Waals surface area contributed by atoms with Crippen LogP contribution < -0.4 is 15.9 Å². The molecule has 0 aliphatic rings. The van der Waals surface area contributed by atoms with E-state index in [0.717, 1.165) is 5.56 Å². The minimum Gasteiger partial charge on any atom is -0.497 e. The highest BCUT2D eigenvalue weighted by molar-refractivity contribution is 8.00. The number of rotatable bonds is 6. The molecule has 27 heavy (non-hydrogen) atoms. The van der Waals surface area contributed by atoms with E-state index in [2.05, 4.69) is 15.5 Å². The Morgan fingerprint density at radius 2 is 2.04 bits per heavy atom. The zero-order valence-corrected chi connectivity index (χ0v) is 16.3. The van der Waals surface area contributed by atoms with Crippen LogP contribution in [0, 0.1) is 0 Å². The van der Waals surface area contributed by atoms with E-state index < -0.39 is 5.25 Å². The molecule has 0 unspecified atom stereocenters.